The second-order valence-electron chi connectivity index (χ2n) is 12.3. The minimum absolute atomic E-state index is 0.324. The van der Waals surface area contributed by atoms with Crippen LogP contribution in [0.3, 0.4) is 0 Å². The number of hydrogen-bond donors (Lipinski definition) is 0. The highest BCUT2D eigenvalue weighted by Crippen LogP contribution is 2.62. The molecule has 4 aliphatic carbocycles. The summed E-state index contributed by atoms with van der Waals surface area (Å²) in [5.74, 6) is 2.77. The van der Waals surface area contributed by atoms with Gasteiger partial charge in [0, 0.05) is 16.2 Å². The van der Waals surface area contributed by atoms with E-state index in [9.17, 15) is 0 Å². The average Bonchev–Trinajstić information content (AvgIpc) is 3.19. The SMILES string of the molecule is Cc1cccc2c1c1c3c(cc(C45CC6CC(CC(C6)C4)C5)c4c5ccccc5n2c43)nc[n+]1C. The maximum absolute atomic E-state index is 5.08. The van der Waals surface area contributed by atoms with Crippen LogP contribution < -0.4 is 4.57 Å². The van der Waals surface area contributed by atoms with Gasteiger partial charge in [0.25, 0.3) is 6.33 Å². The third kappa shape index (κ3) is 2.20. The molecule has 0 amide bonds. The van der Waals surface area contributed by atoms with Crippen LogP contribution in [0, 0.1) is 24.7 Å². The van der Waals surface area contributed by atoms with Gasteiger partial charge in [-0.2, -0.15) is 0 Å². The van der Waals surface area contributed by atoms with Crippen molar-refractivity contribution in [3.8, 4) is 0 Å². The van der Waals surface area contributed by atoms with Gasteiger partial charge in [0.2, 0.25) is 0 Å². The van der Waals surface area contributed by atoms with E-state index in [4.69, 9.17) is 4.98 Å². The van der Waals surface area contributed by atoms with Crippen LogP contribution in [0.1, 0.15) is 49.7 Å². The summed E-state index contributed by atoms with van der Waals surface area (Å²) in [6, 6.07) is 18.5. The molecule has 0 saturated heterocycles. The lowest BCUT2D eigenvalue weighted by Crippen LogP contribution is -2.48. The van der Waals surface area contributed by atoms with E-state index in [0.717, 1.165) is 17.8 Å². The van der Waals surface area contributed by atoms with E-state index in [1.54, 1.807) is 5.56 Å². The predicted molar refractivity (Wildman–Crippen MR) is 142 cm³/mol. The summed E-state index contributed by atoms with van der Waals surface area (Å²) in [5.41, 5.74) is 9.80. The minimum atomic E-state index is 0.324. The summed E-state index contributed by atoms with van der Waals surface area (Å²) < 4.78 is 4.83. The van der Waals surface area contributed by atoms with Gasteiger partial charge >= 0.3 is 0 Å². The second-order valence-corrected chi connectivity index (χ2v) is 12.3. The van der Waals surface area contributed by atoms with Gasteiger partial charge in [-0.1, -0.05) is 30.3 Å². The molecule has 3 aromatic carbocycles. The summed E-state index contributed by atoms with van der Waals surface area (Å²) in [7, 11) is 2.16. The lowest BCUT2D eigenvalue weighted by molar-refractivity contribution is -0.646. The van der Waals surface area contributed by atoms with Crippen molar-refractivity contribution in [1.82, 2.24) is 9.38 Å². The van der Waals surface area contributed by atoms with Crippen molar-refractivity contribution in [3.63, 3.8) is 0 Å². The van der Waals surface area contributed by atoms with Crippen LogP contribution in [0.2, 0.25) is 0 Å². The Labute approximate surface area is 204 Å². The highest BCUT2D eigenvalue weighted by molar-refractivity contribution is 6.27. The average molecular weight is 457 g/mol. The minimum Gasteiger partial charge on any atom is -0.308 e. The van der Waals surface area contributed by atoms with Crippen molar-refractivity contribution in [2.24, 2.45) is 24.8 Å². The topological polar surface area (TPSA) is 21.2 Å². The second kappa shape index (κ2) is 6.13. The summed E-state index contributed by atoms with van der Waals surface area (Å²) in [4.78, 5) is 5.08. The zero-order valence-electron chi connectivity index (χ0n) is 20.5. The Bertz CT molecular complexity index is 1820. The van der Waals surface area contributed by atoms with Crippen LogP contribution in [0.25, 0.3) is 49.1 Å². The fraction of sp³-hybridized carbons (Fsp3) is 0.375. The predicted octanol–water partition coefficient (Wildman–Crippen LogP) is 6.99. The van der Waals surface area contributed by atoms with Crippen LogP contribution in [0.4, 0.5) is 0 Å². The fourth-order valence-electron chi connectivity index (χ4n) is 9.43. The molecule has 6 aromatic rings. The Balaban J connectivity index is 1.56. The third-order valence-electron chi connectivity index (χ3n) is 10.2. The van der Waals surface area contributed by atoms with Crippen LogP contribution in [-0.4, -0.2) is 9.38 Å². The number of rotatable bonds is 1. The van der Waals surface area contributed by atoms with Gasteiger partial charge < -0.3 is 4.40 Å². The van der Waals surface area contributed by atoms with E-state index in [1.807, 2.05) is 6.33 Å². The molecule has 0 spiro atoms. The van der Waals surface area contributed by atoms with Gasteiger partial charge in [-0.15, -0.1) is 0 Å². The van der Waals surface area contributed by atoms with Gasteiger partial charge in [0.15, 0.2) is 5.52 Å². The number of nitrogens with zero attached hydrogens (tertiary/aromatic N) is 3. The molecule has 4 bridgehead atoms. The zero-order chi connectivity index (χ0) is 23.1. The molecule has 10 rings (SSSR count). The molecule has 4 aliphatic rings. The van der Waals surface area contributed by atoms with Crippen molar-refractivity contribution < 1.29 is 4.57 Å². The standard InChI is InChI=1S/C32H30N3/c1-18-6-5-9-26-27(18)30-29-24(33-17-34(30)2)13-23(28-22-7-3-4-8-25(22)35(26)31(28)29)32-14-19-10-20(15-32)12-21(11-19)16-32/h3-9,13,17,19-21H,10-12,14-16H2,1-2H3/q+1. The number of benzene rings is 3. The van der Waals surface area contributed by atoms with Gasteiger partial charge in [-0.25, -0.2) is 4.57 Å². The number of hydrogen-bond acceptors (Lipinski definition) is 1. The number of fused-ring (bicyclic) bond motifs is 6. The molecule has 0 aliphatic heterocycles. The highest BCUT2D eigenvalue weighted by atomic mass is 15.0. The maximum Gasteiger partial charge on any atom is 0.287 e. The monoisotopic (exact) mass is 456 g/mol. The molecule has 0 atom stereocenters. The van der Waals surface area contributed by atoms with E-state index in [1.165, 1.54) is 93.2 Å². The first-order chi connectivity index (χ1) is 17.1. The quantitative estimate of drug-likeness (QED) is 0.148. The smallest absolute Gasteiger partial charge is 0.287 e. The Morgan fingerprint density at radius 1 is 0.857 bits per heavy atom. The van der Waals surface area contributed by atoms with Gasteiger partial charge in [0.05, 0.1) is 29.0 Å². The Hall–Kier alpha value is -3.20. The van der Waals surface area contributed by atoms with Crippen LogP contribution >= 0.6 is 0 Å². The van der Waals surface area contributed by atoms with E-state index < -0.39 is 0 Å². The number of aromatic nitrogens is 3. The molecule has 172 valence electrons. The van der Waals surface area contributed by atoms with Crippen molar-refractivity contribution in [3.05, 3.63) is 66.0 Å². The van der Waals surface area contributed by atoms with Gasteiger partial charge in [0.1, 0.15) is 5.52 Å². The molecule has 0 N–H and O–H groups in total. The molecular formula is C32H30N3+. The van der Waals surface area contributed by atoms with Crippen molar-refractivity contribution in [1.29, 1.82) is 0 Å². The summed E-state index contributed by atoms with van der Waals surface area (Å²) in [6.45, 7) is 2.25. The molecule has 35 heavy (non-hydrogen) atoms. The van der Waals surface area contributed by atoms with E-state index in [2.05, 4.69) is 71.5 Å². The van der Waals surface area contributed by atoms with Crippen molar-refractivity contribution in [2.45, 2.75) is 50.9 Å². The summed E-state index contributed by atoms with van der Waals surface area (Å²) in [6.07, 6.45) is 10.6. The summed E-state index contributed by atoms with van der Waals surface area (Å²) in [5, 5.41) is 5.61. The lowest BCUT2D eigenvalue weighted by atomic mass is 9.47. The largest absolute Gasteiger partial charge is 0.308 e. The number of para-hydroxylation sites is 1. The molecular weight excluding hydrogens is 426 g/mol. The Kier molecular flexibility index (Phi) is 3.34. The van der Waals surface area contributed by atoms with E-state index >= 15 is 0 Å². The zero-order valence-corrected chi connectivity index (χ0v) is 20.5. The van der Waals surface area contributed by atoms with Crippen LogP contribution in [0.15, 0.2) is 54.9 Å². The number of pyridine rings is 1. The first-order valence-electron chi connectivity index (χ1n) is 13.5. The first-order valence-corrected chi connectivity index (χ1v) is 13.5. The Morgan fingerprint density at radius 2 is 1.57 bits per heavy atom. The van der Waals surface area contributed by atoms with Gasteiger partial charge in [-0.3, -0.25) is 0 Å². The highest BCUT2D eigenvalue weighted by Gasteiger charge is 2.52. The molecule has 4 saturated carbocycles. The summed E-state index contributed by atoms with van der Waals surface area (Å²) >= 11 is 0. The van der Waals surface area contributed by atoms with Crippen molar-refractivity contribution >= 4 is 49.1 Å². The first kappa shape index (κ1) is 19.0. The third-order valence-corrected chi connectivity index (χ3v) is 10.2. The van der Waals surface area contributed by atoms with Gasteiger partial charge in [-0.05, 0) is 103 Å². The molecule has 3 heterocycles. The molecule has 4 fully saturated rings. The maximum atomic E-state index is 5.08. The molecule has 0 unspecified atom stereocenters. The van der Waals surface area contributed by atoms with E-state index in [0.29, 0.717) is 5.41 Å². The lowest BCUT2D eigenvalue weighted by Gasteiger charge is -2.57. The van der Waals surface area contributed by atoms with Crippen LogP contribution in [0.5, 0.6) is 0 Å². The fourth-order valence-corrected chi connectivity index (χ4v) is 9.43. The number of aryl methyl sites for hydroxylation is 2. The Morgan fingerprint density at radius 3 is 2.34 bits per heavy atom. The van der Waals surface area contributed by atoms with Crippen molar-refractivity contribution in [2.75, 3.05) is 0 Å². The molecule has 3 nitrogen and oxygen atoms in total. The van der Waals surface area contributed by atoms with Crippen LogP contribution in [-0.2, 0) is 12.5 Å². The molecule has 3 heteroatoms. The normalized spacial score (nSPS) is 28.0. The molecule has 0 radical (unpaired) electrons. The molecule has 3 aromatic heterocycles. The van der Waals surface area contributed by atoms with E-state index in [-0.39, 0.29) is 0 Å².